The van der Waals surface area contributed by atoms with Crippen LogP contribution in [0.2, 0.25) is 0 Å². The number of benzene rings is 2. The van der Waals surface area contributed by atoms with Crippen LogP contribution in [0.4, 0.5) is 8.78 Å². The Bertz CT molecular complexity index is 514. The molecule has 0 atom stereocenters. The summed E-state index contributed by atoms with van der Waals surface area (Å²) in [6, 6.07) is 10.00. The second-order valence-corrected chi connectivity index (χ2v) is 3.99. The lowest BCUT2D eigenvalue weighted by molar-refractivity contribution is 0.474. The van der Waals surface area contributed by atoms with Crippen LogP contribution in [0.5, 0.6) is 11.5 Å². The Morgan fingerprint density at radius 3 is 2.38 bits per heavy atom. The molecule has 0 saturated carbocycles. The lowest BCUT2D eigenvalue weighted by Crippen LogP contribution is -1.86. The summed E-state index contributed by atoms with van der Waals surface area (Å²) in [5.74, 6) is 0.0719. The maximum absolute atomic E-state index is 12.9. The fraction of sp³-hybridized carbons (Fsp3) is 0. The van der Waals surface area contributed by atoms with Crippen molar-refractivity contribution in [3.63, 3.8) is 0 Å². The van der Waals surface area contributed by atoms with Crippen molar-refractivity contribution in [3.05, 3.63) is 58.6 Å². The first kappa shape index (κ1) is 11.1. The molecule has 0 aliphatic heterocycles. The van der Waals surface area contributed by atoms with Crippen molar-refractivity contribution >= 4 is 15.9 Å². The van der Waals surface area contributed by atoms with Crippen LogP contribution >= 0.6 is 15.9 Å². The van der Waals surface area contributed by atoms with Gasteiger partial charge in [0.2, 0.25) is 0 Å². The number of halogens is 3. The van der Waals surface area contributed by atoms with Crippen molar-refractivity contribution in [2.75, 3.05) is 0 Å². The highest BCUT2D eigenvalue weighted by atomic mass is 79.9. The molecule has 0 saturated heterocycles. The predicted octanol–water partition coefficient (Wildman–Crippen LogP) is 4.52. The number of ether oxygens (including phenoxy) is 1. The Labute approximate surface area is 99.8 Å². The third-order valence-electron chi connectivity index (χ3n) is 1.92. The number of hydrogen-bond donors (Lipinski definition) is 0. The molecule has 0 aromatic heterocycles. The zero-order valence-corrected chi connectivity index (χ0v) is 9.67. The van der Waals surface area contributed by atoms with E-state index in [0.29, 0.717) is 16.0 Å². The molecule has 2 aromatic rings. The smallest absolute Gasteiger partial charge is 0.137 e. The van der Waals surface area contributed by atoms with E-state index in [-0.39, 0.29) is 11.6 Å². The van der Waals surface area contributed by atoms with Crippen LogP contribution in [0.3, 0.4) is 0 Å². The highest BCUT2D eigenvalue weighted by Crippen LogP contribution is 2.26. The standard InChI is InChI=1S/C12H7BrF2O/c13-11-7-10(4-5-12(11)15)16-9-3-1-2-8(14)6-9/h1-7H. The third-order valence-corrected chi connectivity index (χ3v) is 2.53. The van der Waals surface area contributed by atoms with Gasteiger partial charge in [0.15, 0.2) is 0 Å². The predicted molar refractivity (Wildman–Crippen MR) is 60.6 cm³/mol. The van der Waals surface area contributed by atoms with Crippen molar-refractivity contribution < 1.29 is 13.5 Å². The Morgan fingerprint density at radius 1 is 0.938 bits per heavy atom. The van der Waals surface area contributed by atoms with Gasteiger partial charge in [-0.1, -0.05) is 6.07 Å². The summed E-state index contributed by atoms with van der Waals surface area (Å²) >= 11 is 3.04. The Kier molecular flexibility index (Phi) is 3.19. The minimum atomic E-state index is -0.376. The lowest BCUT2D eigenvalue weighted by Gasteiger charge is -2.06. The number of rotatable bonds is 2. The molecule has 82 valence electrons. The van der Waals surface area contributed by atoms with E-state index >= 15 is 0 Å². The molecule has 2 rings (SSSR count). The molecule has 0 unspecified atom stereocenters. The first-order valence-electron chi connectivity index (χ1n) is 4.53. The van der Waals surface area contributed by atoms with Crippen LogP contribution in [0.15, 0.2) is 46.9 Å². The van der Waals surface area contributed by atoms with Crippen molar-refractivity contribution in [2.45, 2.75) is 0 Å². The monoisotopic (exact) mass is 284 g/mol. The van der Waals surface area contributed by atoms with Gasteiger partial charge >= 0.3 is 0 Å². The molecule has 1 nitrogen and oxygen atoms in total. The highest BCUT2D eigenvalue weighted by molar-refractivity contribution is 9.10. The first-order valence-corrected chi connectivity index (χ1v) is 5.33. The van der Waals surface area contributed by atoms with Crippen LogP contribution in [0, 0.1) is 11.6 Å². The normalized spacial score (nSPS) is 10.2. The van der Waals surface area contributed by atoms with Gasteiger partial charge in [-0.15, -0.1) is 0 Å². The fourth-order valence-corrected chi connectivity index (χ4v) is 1.56. The minimum absolute atomic E-state index is 0.307. The van der Waals surface area contributed by atoms with E-state index in [4.69, 9.17) is 4.74 Å². The van der Waals surface area contributed by atoms with Crippen LogP contribution in [0.25, 0.3) is 0 Å². The Hall–Kier alpha value is -1.42. The van der Waals surface area contributed by atoms with Crippen LogP contribution in [0.1, 0.15) is 0 Å². The highest BCUT2D eigenvalue weighted by Gasteiger charge is 2.03. The lowest BCUT2D eigenvalue weighted by atomic mass is 10.3. The summed E-state index contributed by atoms with van der Waals surface area (Å²) in [7, 11) is 0. The molecule has 0 heterocycles. The molecule has 16 heavy (non-hydrogen) atoms. The van der Waals surface area contributed by atoms with Gasteiger partial charge in [-0.25, -0.2) is 8.78 Å². The van der Waals surface area contributed by atoms with E-state index in [1.807, 2.05) is 0 Å². The maximum Gasteiger partial charge on any atom is 0.137 e. The fourth-order valence-electron chi connectivity index (χ4n) is 1.21. The van der Waals surface area contributed by atoms with E-state index < -0.39 is 0 Å². The largest absolute Gasteiger partial charge is 0.457 e. The molecule has 0 N–H and O–H groups in total. The maximum atomic E-state index is 12.9. The summed E-state index contributed by atoms with van der Waals surface area (Å²) in [5.41, 5.74) is 0. The molecule has 0 aliphatic carbocycles. The Balaban J connectivity index is 2.24. The van der Waals surface area contributed by atoms with Crippen LogP contribution in [-0.2, 0) is 0 Å². The molecular formula is C12H7BrF2O. The van der Waals surface area contributed by atoms with Gasteiger partial charge in [0.05, 0.1) is 4.47 Å². The van der Waals surface area contributed by atoms with Crippen molar-refractivity contribution in [2.24, 2.45) is 0 Å². The van der Waals surface area contributed by atoms with Gasteiger partial charge in [-0.3, -0.25) is 0 Å². The molecule has 0 spiro atoms. The van der Waals surface area contributed by atoms with Crippen LogP contribution < -0.4 is 4.74 Å². The van der Waals surface area contributed by atoms with Gasteiger partial charge in [-0.05, 0) is 46.3 Å². The summed E-state index contributed by atoms with van der Waals surface area (Å²) in [4.78, 5) is 0. The molecule has 0 bridgehead atoms. The van der Waals surface area contributed by atoms with E-state index in [2.05, 4.69) is 15.9 Å². The van der Waals surface area contributed by atoms with Gasteiger partial charge in [-0.2, -0.15) is 0 Å². The molecule has 0 amide bonds. The molecule has 4 heteroatoms. The second-order valence-electron chi connectivity index (χ2n) is 3.14. The average molecular weight is 285 g/mol. The third kappa shape index (κ3) is 2.58. The topological polar surface area (TPSA) is 9.23 Å². The summed E-state index contributed by atoms with van der Waals surface area (Å²) in [6.45, 7) is 0. The van der Waals surface area contributed by atoms with E-state index in [1.54, 1.807) is 12.1 Å². The summed E-state index contributed by atoms with van der Waals surface area (Å²) < 4.78 is 31.5. The Morgan fingerprint density at radius 2 is 1.69 bits per heavy atom. The van der Waals surface area contributed by atoms with Crippen molar-refractivity contribution in [3.8, 4) is 11.5 Å². The summed E-state index contributed by atoms with van der Waals surface area (Å²) in [5, 5.41) is 0. The van der Waals surface area contributed by atoms with Gasteiger partial charge in [0, 0.05) is 6.07 Å². The van der Waals surface area contributed by atoms with E-state index in [1.165, 1.54) is 30.3 Å². The molecule has 0 radical (unpaired) electrons. The molecular weight excluding hydrogens is 278 g/mol. The summed E-state index contributed by atoms with van der Waals surface area (Å²) in [6.07, 6.45) is 0. The zero-order chi connectivity index (χ0) is 11.5. The van der Waals surface area contributed by atoms with Crippen molar-refractivity contribution in [1.29, 1.82) is 0 Å². The first-order chi connectivity index (χ1) is 7.65. The molecule has 0 aliphatic rings. The van der Waals surface area contributed by atoms with E-state index in [0.717, 1.165) is 0 Å². The molecule has 2 aromatic carbocycles. The van der Waals surface area contributed by atoms with Gasteiger partial charge in [0.25, 0.3) is 0 Å². The van der Waals surface area contributed by atoms with Gasteiger partial charge in [0.1, 0.15) is 23.1 Å². The van der Waals surface area contributed by atoms with Crippen LogP contribution in [-0.4, -0.2) is 0 Å². The quantitative estimate of drug-likeness (QED) is 0.788. The second kappa shape index (κ2) is 4.61. The number of hydrogen-bond acceptors (Lipinski definition) is 1. The molecule has 0 fully saturated rings. The van der Waals surface area contributed by atoms with Gasteiger partial charge < -0.3 is 4.74 Å². The van der Waals surface area contributed by atoms with E-state index in [9.17, 15) is 8.78 Å². The minimum Gasteiger partial charge on any atom is -0.457 e. The zero-order valence-electron chi connectivity index (χ0n) is 8.08. The average Bonchev–Trinajstić information content (AvgIpc) is 2.24. The van der Waals surface area contributed by atoms with Crippen molar-refractivity contribution in [1.82, 2.24) is 0 Å². The SMILES string of the molecule is Fc1cccc(Oc2ccc(F)c(Br)c2)c1.